The zero-order valence-corrected chi connectivity index (χ0v) is 61.8. The number of aliphatic carboxylic acids is 4. The van der Waals surface area contributed by atoms with E-state index in [0.29, 0.717) is 44.5 Å². The van der Waals surface area contributed by atoms with Crippen molar-refractivity contribution in [1.29, 1.82) is 0 Å². The highest BCUT2D eigenvalue weighted by molar-refractivity contribution is 6.16. The average Bonchev–Trinajstić information content (AvgIpc) is 0.724. The summed E-state index contributed by atoms with van der Waals surface area (Å²) < 4.78 is 0. The largest absolute Gasteiger partial charge is 0.508 e. The van der Waals surface area contributed by atoms with E-state index in [1.54, 1.807) is 121 Å². The van der Waals surface area contributed by atoms with E-state index in [0.717, 1.165) is 33.4 Å². The van der Waals surface area contributed by atoms with Gasteiger partial charge in [0.15, 0.2) is 28.5 Å². The molecule has 0 heterocycles. The van der Waals surface area contributed by atoms with Crippen LogP contribution in [0.25, 0.3) is 0 Å². The number of rotatable bonds is 26. The molecule has 6 N–H and O–H groups in total. The van der Waals surface area contributed by atoms with Gasteiger partial charge >= 0.3 is 23.9 Å². The third-order valence-corrected chi connectivity index (χ3v) is 20.0. The topological polar surface area (TPSA) is 258 Å². The molecule has 0 fully saturated rings. The van der Waals surface area contributed by atoms with Gasteiger partial charge in [0.05, 0.1) is 5.92 Å². The van der Waals surface area contributed by atoms with Gasteiger partial charge in [0, 0.05) is 29.5 Å². The smallest absolute Gasteiger partial charge is 0.326 e. The number of carboxylic acids is 4. The van der Waals surface area contributed by atoms with Gasteiger partial charge in [0.1, 0.15) is 34.2 Å². The number of hydrogen-bond acceptors (Lipinski definition) is 10. The number of carbonyl (C=O) groups excluding carboxylic acids is 4. The predicted octanol–water partition coefficient (Wildman–Crippen LogP) is 18.5. The number of carboxylic acid groups (broad SMARTS) is 4. The zero-order chi connectivity index (χ0) is 80.5. The van der Waals surface area contributed by atoms with E-state index in [2.05, 4.69) is 0 Å². The van der Waals surface area contributed by atoms with Crippen LogP contribution in [-0.4, -0.2) is 77.6 Å². The Kier molecular flexibility index (Phi) is 26.8. The van der Waals surface area contributed by atoms with Crippen LogP contribution in [0.4, 0.5) is 0 Å². The molecule has 0 radical (unpaired) electrons. The summed E-state index contributed by atoms with van der Waals surface area (Å²) in [5, 5.41) is 59.8. The van der Waals surface area contributed by atoms with E-state index in [9.17, 15) is 64.2 Å². The molecule has 0 aliphatic heterocycles. The summed E-state index contributed by atoms with van der Waals surface area (Å²) in [5.41, 5.74) is 3.69. The van der Waals surface area contributed by atoms with Crippen molar-refractivity contribution in [3.05, 3.63) is 490 Å². The van der Waals surface area contributed by atoms with Crippen LogP contribution < -0.4 is 0 Å². The molecule has 2 atom stereocenters. The van der Waals surface area contributed by atoms with Gasteiger partial charge in [-0.2, -0.15) is 0 Å². The molecule has 2 unspecified atom stereocenters. The molecule has 0 spiro atoms. The second-order valence-corrected chi connectivity index (χ2v) is 26.8. The van der Waals surface area contributed by atoms with Gasteiger partial charge in [0.25, 0.3) is 0 Å². The number of phenols is 2. The van der Waals surface area contributed by atoms with Crippen molar-refractivity contribution in [3.63, 3.8) is 0 Å². The number of aromatic hydroxyl groups is 2. The van der Waals surface area contributed by atoms with Gasteiger partial charge in [-0.25, -0.2) is 0 Å². The number of carbonyl (C=O) groups is 8. The molecule has 0 aromatic heterocycles. The van der Waals surface area contributed by atoms with Gasteiger partial charge in [0.2, 0.25) is 0 Å². The second-order valence-electron chi connectivity index (χ2n) is 26.8. The molecule has 14 nitrogen and oxygen atoms in total. The number of benzene rings is 14. The lowest BCUT2D eigenvalue weighted by Crippen LogP contribution is -2.47. The monoisotopic (exact) mass is 1500 g/mol. The molecule has 0 saturated carbocycles. The Morgan fingerprint density at radius 1 is 0.272 bits per heavy atom. The molecule has 14 heteroatoms. The highest BCUT2D eigenvalue weighted by Gasteiger charge is 2.53. The Morgan fingerprint density at radius 3 is 0.947 bits per heavy atom. The summed E-state index contributed by atoms with van der Waals surface area (Å²) in [5.74, 6) is -9.80. The highest BCUT2D eigenvalue weighted by atomic mass is 16.4. The van der Waals surface area contributed by atoms with Crippen molar-refractivity contribution < 1.29 is 69.0 Å². The standard InChI is InChI=1S/C40H30O3.C28H22O3.C16H14O5.C16H14O3/c41-37(39(30-18-6-1-7-19-30,31-20-8-2-9-21-31)32-22-10-3-11-23-32)35-28-16-17-29-36(35)40(38(42)43,33-24-12-4-13-25-33)34-26-14-5-15-27-34;29-26(25(21-13-5-1-6-14-21)22-15-7-2-8-16-22)28(27(30)31,23-17-9-3-10-18-23)24-19-11-4-12-20-24;17-12-7-3-1-5-10(12)9-14(19)15(16(20)21)11-6-2-4-8-13(11)18;17-14(11-12-7-3-1-4-8-12)15(16(18)19)13-9-5-2-6-10-13/h1-29H,(H,42,43);1-20,25H,(H,30,31);1-8,15,17-18H,9H2,(H,20,21);1-10,15H,11H2,(H,18,19). The maximum atomic E-state index is 15.6. The molecule has 14 rings (SSSR count). The minimum absolute atomic E-state index is 0.0467. The fraction of sp³-hybridized carbons (Fsp3) is 0.0800. The molecule has 0 amide bonds. The number of phenolic OH excluding ortho intramolecular Hbond substituents is 2. The Morgan fingerprint density at radius 2 is 0.579 bits per heavy atom. The number of para-hydroxylation sites is 2. The first-order valence-corrected chi connectivity index (χ1v) is 36.7. The van der Waals surface area contributed by atoms with Crippen LogP contribution in [0, 0.1) is 0 Å². The lowest BCUT2D eigenvalue weighted by Gasteiger charge is -2.38. The molecular formula is C100H80O14. The lowest BCUT2D eigenvalue weighted by molar-refractivity contribution is -0.148. The summed E-state index contributed by atoms with van der Waals surface area (Å²) >= 11 is 0. The van der Waals surface area contributed by atoms with E-state index in [4.69, 9.17) is 0 Å². The zero-order valence-electron chi connectivity index (χ0n) is 61.8. The molecular weight excluding hydrogens is 1430 g/mol. The van der Waals surface area contributed by atoms with Gasteiger partial charge in [-0.15, -0.1) is 0 Å². The van der Waals surface area contributed by atoms with Crippen LogP contribution >= 0.6 is 0 Å². The fourth-order valence-corrected chi connectivity index (χ4v) is 14.7. The maximum absolute atomic E-state index is 15.6. The van der Waals surface area contributed by atoms with Crippen molar-refractivity contribution in [2.24, 2.45) is 0 Å². The second kappa shape index (κ2) is 38.1. The lowest BCUT2D eigenvalue weighted by atomic mass is 9.62. The van der Waals surface area contributed by atoms with Crippen molar-refractivity contribution in [3.8, 4) is 11.5 Å². The average molecular weight is 1510 g/mol. The molecule has 14 aromatic carbocycles. The molecule has 0 aliphatic carbocycles. The molecule has 0 saturated heterocycles. The van der Waals surface area contributed by atoms with Crippen LogP contribution in [0.15, 0.2) is 406 Å². The van der Waals surface area contributed by atoms with Crippen molar-refractivity contribution in [2.75, 3.05) is 0 Å². The van der Waals surface area contributed by atoms with E-state index in [1.807, 2.05) is 267 Å². The van der Waals surface area contributed by atoms with Gasteiger partial charge in [-0.1, -0.05) is 394 Å². The van der Waals surface area contributed by atoms with Crippen LogP contribution in [0.5, 0.6) is 11.5 Å². The minimum Gasteiger partial charge on any atom is -0.508 e. The van der Waals surface area contributed by atoms with Crippen LogP contribution in [0.3, 0.4) is 0 Å². The fourth-order valence-electron chi connectivity index (χ4n) is 14.7. The Balaban J connectivity index is 0.000000158. The predicted molar refractivity (Wildman–Crippen MR) is 439 cm³/mol. The maximum Gasteiger partial charge on any atom is 0.326 e. The van der Waals surface area contributed by atoms with E-state index >= 15 is 4.79 Å². The quantitative estimate of drug-likeness (QED) is 0.0167. The summed E-state index contributed by atoms with van der Waals surface area (Å²) in [4.78, 5) is 104. The van der Waals surface area contributed by atoms with Crippen LogP contribution in [-0.2, 0) is 62.6 Å². The first-order chi connectivity index (χ1) is 55.4. The first kappa shape index (κ1) is 80.3. The van der Waals surface area contributed by atoms with Gasteiger partial charge in [-0.05, 0) is 78.9 Å². The molecule has 114 heavy (non-hydrogen) atoms. The van der Waals surface area contributed by atoms with Crippen molar-refractivity contribution in [1.82, 2.24) is 0 Å². The summed E-state index contributed by atoms with van der Waals surface area (Å²) in [6.45, 7) is 0. The number of Topliss-reactive ketones (excluding diaryl/α,β-unsaturated/α-hetero) is 4. The third kappa shape index (κ3) is 17.6. The Hall–Kier alpha value is -14.8. The summed E-state index contributed by atoms with van der Waals surface area (Å²) in [6.07, 6.45) is -0.0926. The Bertz CT molecular complexity index is 5330. The summed E-state index contributed by atoms with van der Waals surface area (Å²) in [7, 11) is 0. The van der Waals surface area contributed by atoms with Gasteiger partial charge in [-0.3, -0.25) is 38.4 Å². The minimum atomic E-state index is -1.85. The SMILES string of the molecule is O=C(O)C(C(=O)C(c1ccccc1)c1ccccc1)(c1ccccc1)c1ccccc1.O=C(O)C(C(=O)Cc1ccccc1)c1ccccc1.O=C(O)C(C(=O)Cc1ccccc1O)c1ccccc1O.O=C(c1ccccc1C(C(=O)O)(c1ccccc1)c1ccccc1)C(c1ccccc1)(c1ccccc1)c1ccccc1. The number of hydrogen-bond donors (Lipinski definition) is 6. The van der Waals surface area contributed by atoms with Crippen molar-refractivity contribution >= 4 is 47.0 Å². The molecule has 0 bridgehead atoms. The normalized spacial score (nSPS) is 11.6. The van der Waals surface area contributed by atoms with E-state index in [1.165, 1.54) is 18.2 Å². The summed E-state index contributed by atoms with van der Waals surface area (Å²) in [6, 6.07) is 121. The van der Waals surface area contributed by atoms with E-state index in [-0.39, 0.29) is 41.5 Å². The molecule has 564 valence electrons. The number of ketones is 4. The Labute approximate surface area is 660 Å². The van der Waals surface area contributed by atoms with Crippen molar-refractivity contribution in [2.45, 2.75) is 46.8 Å². The highest BCUT2D eigenvalue weighted by Crippen LogP contribution is 2.48. The van der Waals surface area contributed by atoms with Crippen LogP contribution in [0.1, 0.15) is 106 Å². The third-order valence-electron chi connectivity index (χ3n) is 20.0. The van der Waals surface area contributed by atoms with Crippen LogP contribution in [0.2, 0.25) is 0 Å². The van der Waals surface area contributed by atoms with Gasteiger partial charge < -0.3 is 30.6 Å². The molecule has 14 aromatic rings. The van der Waals surface area contributed by atoms with E-state index < -0.39 is 69.4 Å². The molecule has 0 aliphatic rings. The first-order valence-electron chi connectivity index (χ1n) is 36.7.